The van der Waals surface area contributed by atoms with Gasteiger partial charge in [-0.1, -0.05) is 25.5 Å². The van der Waals surface area contributed by atoms with Crippen molar-refractivity contribution in [3.8, 4) is 0 Å². The Balaban J connectivity index is 0.00000242. The van der Waals surface area contributed by atoms with E-state index in [1.165, 1.54) is 0 Å². The Morgan fingerprint density at radius 3 is 2.48 bits per heavy atom. The van der Waals surface area contributed by atoms with Gasteiger partial charge in [-0.25, -0.2) is 9.97 Å². The van der Waals surface area contributed by atoms with Gasteiger partial charge < -0.3 is 10.5 Å². The van der Waals surface area contributed by atoms with E-state index >= 15 is 0 Å². The fourth-order valence-electron chi connectivity index (χ4n) is 2.45. The molecule has 128 valence electrons. The van der Waals surface area contributed by atoms with Crippen LogP contribution in [0.5, 0.6) is 0 Å². The molecule has 0 saturated carbocycles. The highest BCUT2D eigenvalue weighted by molar-refractivity contribution is 5.92. The minimum absolute atomic E-state index is 0. The SMILES string of the molecule is COCC(C)(C)Cc1nc(C(N)=O)nc2ccc(C)cc12.Cl.Cl. The first-order valence-electron chi connectivity index (χ1n) is 6.88. The van der Waals surface area contributed by atoms with Gasteiger partial charge in [-0.15, -0.1) is 24.8 Å². The van der Waals surface area contributed by atoms with E-state index in [2.05, 4.69) is 23.8 Å². The van der Waals surface area contributed by atoms with E-state index in [9.17, 15) is 4.79 Å². The molecule has 0 unspecified atom stereocenters. The van der Waals surface area contributed by atoms with Gasteiger partial charge >= 0.3 is 0 Å². The molecule has 1 aromatic carbocycles. The number of methoxy groups -OCH3 is 1. The Morgan fingerprint density at radius 1 is 1.26 bits per heavy atom. The number of nitrogens with zero attached hydrogens (tertiary/aromatic N) is 2. The van der Waals surface area contributed by atoms with Crippen molar-refractivity contribution in [1.29, 1.82) is 0 Å². The van der Waals surface area contributed by atoms with Gasteiger partial charge in [0.15, 0.2) is 0 Å². The predicted octanol–water partition coefficient (Wildman–Crippen LogP) is 3.10. The molecule has 0 aliphatic rings. The Hall–Kier alpha value is -1.43. The number of halogens is 2. The molecular formula is C16H23Cl2N3O2. The number of hydrogen-bond donors (Lipinski definition) is 1. The molecule has 1 amide bonds. The fourth-order valence-corrected chi connectivity index (χ4v) is 2.45. The zero-order valence-corrected chi connectivity index (χ0v) is 15.4. The van der Waals surface area contributed by atoms with Crippen molar-refractivity contribution in [2.75, 3.05) is 13.7 Å². The summed E-state index contributed by atoms with van der Waals surface area (Å²) in [7, 11) is 1.68. The van der Waals surface area contributed by atoms with Crippen LogP contribution in [0.15, 0.2) is 18.2 Å². The molecule has 0 saturated heterocycles. The standard InChI is InChI=1S/C16H21N3O2.2ClH/c1-10-5-6-12-11(7-10)13(8-16(2,3)9-21-4)19-15(18-12)14(17)20;;/h5-7H,8-9H2,1-4H3,(H2,17,20);2*1H. The molecule has 7 heteroatoms. The van der Waals surface area contributed by atoms with Crippen LogP contribution in [0.1, 0.15) is 35.7 Å². The Labute approximate surface area is 148 Å². The van der Waals surface area contributed by atoms with Crippen LogP contribution in [-0.2, 0) is 11.2 Å². The Bertz CT molecular complexity index is 690. The number of amides is 1. The summed E-state index contributed by atoms with van der Waals surface area (Å²) >= 11 is 0. The van der Waals surface area contributed by atoms with E-state index in [1.54, 1.807) is 7.11 Å². The van der Waals surface area contributed by atoms with Crippen molar-refractivity contribution in [2.24, 2.45) is 11.1 Å². The maximum atomic E-state index is 11.4. The molecule has 1 aromatic heterocycles. The molecule has 0 fully saturated rings. The van der Waals surface area contributed by atoms with Crippen LogP contribution in [0, 0.1) is 12.3 Å². The minimum atomic E-state index is -0.608. The molecule has 0 aliphatic carbocycles. The van der Waals surface area contributed by atoms with Crippen molar-refractivity contribution in [2.45, 2.75) is 27.2 Å². The minimum Gasteiger partial charge on any atom is -0.384 e. The smallest absolute Gasteiger partial charge is 0.286 e. The van der Waals surface area contributed by atoms with Gasteiger partial charge in [0.2, 0.25) is 5.82 Å². The number of nitrogens with two attached hydrogens (primary N) is 1. The van der Waals surface area contributed by atoms with Crippen LogP contribution < -0.4 is 5.73 Å². The first-order valence-corrected chi connectivity index (χ1v) is 6.88. The van der Waals surface area contributed by atoms with Gasteiger partial charge in [-0.05, 0) is 30.9 Å². The Morgan fingerprint density at radius 2 is 1.91 bits per heavy atom. The molecule has 0 bridgehead atoms. The average molecular weight is 360 g/mol. The van der Waals surface area contributed by atoms with Crippen molar-refractivity contribution < 1.29 is 9.53 Å². The van der Waals surface area contributed by atoms with E-state index in [4.69, 9.17) is 10.5 Å². The highest BCUT2D eigenvalue weighted by Gasteiger charge is 2.22. The molecule has 2 aromatic rings. The largest absolute Gasteiger partial charge is 0.384 e. The number of aromatic nitrogens is 2. The number of carbonyl (C=O) groups is 1. The van der Waals surface area contributed by atoms with Crippen LogP contribution in [0.25, 0.3) is 10.9 Å². The summed E-state index contributed by atoms with van der Waals surface area (Å²) in [5, 5.41) is 0.962. The first-order chi connectivity index (χ1) is 9.82. The quantitative estimate of drug-likeness (QED) is 0.889. The van der Waals surface area contributed by atoms with E-state index in [1.807, 2.05) is 25.1 Å². The lowest BCUT2D eigenvalue weighted by molar-refractivity contribution is 0.0986. The third-order valence-corrected chi connectivity index (χ3v) is 3.33. The van der Waals surface area contributed by atoms with Crippen molar-refractivity contribution in [3.63, 3.8) is 0 Å². The molecule has 23 heavy (non-hydrogen) atoms. The summed E-state index contributed by atoms with van der Waals surface area (Å²) in [5.41, 5.74) is 7.95. The van der Waals surface area contributed by atoms with Gasteiger partial charge in [0.25, 0.3) is 5.91 Å². The highest BCUT2D eigenvalue weighted by Crippen LogP contribution is 2.26. The van der Waals surface area contributed by atoms with E-state index in [0.717, 1.165) is 22.2 Å². The van der Waals surface area contributed by atoms with Crippen LogP contribution in [0.4, 0.5) is 0 Å². The van der Waals surface area contributed by atoms with E-state index in [-0.39, 0.29) is 36.1 Å². The number of ether oxygens (including phenoxy) is 1. The monoisotopic (exact) mass is 359 g/mol. The summed E-state index contributed by atoms with van der Waals surface area (Å²) in [6.45, 7) is 6.83. The summed E-state index contributed by atoms with van der Waals surface area (Å²) in [4.78, 5) is 20.0. The lowest BCUT2D eigenvalue weighted by Gasteiger charge is -2.23. The van der Waals surface area contributed by atoms with Crippen LogP contribution in [0.3, 0.4) is 0 Å². The van der Waals surface area contributed by atoms with Crippen molar-refractivity contribution in [3.05, 3.63) is 35.3 Å². The molecule has 0 atom stereocenters. The van der Waals surface area contributed by atoms with Gasteiger partial charge in [0.05, 0.1) is 17.8 Å². The second-order valence-electron chi connectivity index (χ2n) is 6.15. The van der Waals surface area contributed by atoms with Gasteiger partial charge in [-0.3, -0.25) is 4.79 Å². The van der Waals surface area contributed by atoms with Crippen molar-refractivity contribution in [1.82, 2.24) is 9.97 Å². The zero-order chi connectivity index (χ0) is 15.6. The number of benzene rings is 1. The van der Waals surface area contributed by atoms with Gasteiger partial charge in [0.1, 0.15) is 0 Å². The number of fused-ring (bicyclic) bond motifs is 1. The van der Waals surface area contributed by atoms with Crippen molar-refractivity contribution >= 4 is 41.6 Å². The highest BCUT2D eigenvalue weighted by atomic mass is 35.5. The van der Waals surface area contributed by atoms with Crippen LogP contribution in [-0.4, -0.2) is 29.6 Å². The lowest BCUT2D eigenvalue weighted by Crippen LogP contribution is -2.24. The summed E-state index contributed by atoms with van der Waals surface area (Å²) in [6.07, 6.45) is 0.684. The second kappa shape index (κ2) is 8.43. The number of aryl methyl sites for hydroxylation is 1. The number of carbonyl (C=O) groups excluding carboxylic acids is 1. The maximum Gasteiger partial charge on any atom is 0.286 e. The third-order valence-electron chi connectivity index (χ3n) is 3.33. The second-order valence-corrected chi connectivity index (χ2v) is 6.15. The molecule has 0 spiro atoms. The first kappa shape index (κ1) is 21.6. The van der Waals surface area contributed by atoms with Crippen LogP contribution >= 0.6 is 24.8 Å². The van der Waals surface area contributed by atoms with Gasteiger partial charge in [0, 0.05) is 12.5 Å². The summed E-state index contributed by atoms with van der Waals surface area (Å²) in [6, 6.07) is 5.90. The zero-order valence-electron chi connectivity index (χ0n) is 13.8. The molecule has 2 N–H and O–H groups in total. The molecule has 1 heterocycles. The summed E-state index contributed by atoms with van der Waals surface area (Å²) < 4.78 is 5.26. The number of hydrogen-bond acceptors (Lipinski definition) is 4. The van der Waals surface area contributed by atoms with E-state index < -0.39 is 5.91 Å². The number of rotatable bonds is 5. The molecular weight excluding hydrogens is 337 g/mol. The fraction of sp³-hybridized carbons (Fsp3) is 0.438. The van der Waals surface area contributed by atoms with E-state index in [0.29, 0.717) is 13.0 Å². The lowest BCUT2D eigenvalue weighted by atomic mass is 9.87. The average Bonchev–Trinajstić information content (AvgIpc) is 2.38. The van der Waals surface area contributed by atoms with Crippen LogP contribution in [0.2, 0.25) is 0 Å². The Kier molecular flexibility index (Phi) is 7.91. The molecule has 0 radical (unpaired) electrons. The predicted molar refractivity (Wildman–Crippen MR) is 96.6 cm³/mol. The molecule has 2 rings (SSSR count). The topological polar surface area (TPSA) is 78.1 Å². The maximum absolute atomic E-state index is 11.4. The van der Waals surface area contributed by atoms with Gasteiger partial charge in [-0.2, -0.15) is 0 Å². The molecule has 0 aliphatic heterocycles. The normalized spacial score (nSPS) is 10.8. The third kappa shape index (κ3) is 5.30. The molecule has 5 nitrogen and oxygen atoms in total. The summed E-state index contributed by atoms with van der Waals surface area (Å²) in [5.74, 6) is -0.544. The number of primary amides is 1.